The number of rotatable bonds is 6. The summed E-state index contributed by atoms with van der Waals surface area (Å²) < 4.78 is 0. The SMILES string of the molecule is CCC(C)C(NC(N)=O)C(=O)Nc1cc(C(=O)O)[nH]n1. The highest BCUT2D eigenvalue weighted by Gasteiger charge is 2.25. The Morgan fingerprint density at radius 3 is 2.60 bits per heavy atom. The van der Waals surface area contributed by atoms with Gasteiger partial charge in [0.1, 0.15) is 11.7 Å². The van der Waals surface area contributed by atoms with Crippen LogP contribution in [-0.2, 0) is 4.79 Å². The van der Waals surface area contributed by atoms with E-state index in [0.29, 0.717) is 6.42 Å². The summed E-state index contributed by atoms with van der Waals surface area (Å²) in [5, 5.41) is 19.4. The van der Waals surface area contributed by atoms with Crippen LogP contribution in [0.3, 0.4) is 0 Å². The van der Waals surface area contributed by atoms with Crippen molar-refractivity contribution in [1.82, 2.24) is 15.5 Å². The summed E-state index contributed by atoms with van der Waals surface area (Å²) >= 11 is 0. The van der Waals surface area contributed by atoms with Gasteiger partial charge in [-0.25, -0.2) is 9.59 Å². The number of aromatic carboxylic acids is 1. The predicted molar refractivity (Wildman–Crippen MR) is 70.1 cm³/mol. The van der Waals surface area contributed by atoms with Crippen molar-refractivity contribution >= 4 is 23.7 Å². The van der Waals surface area contributed by atoms with Gasteiger partial charge in [-0.3, -0.25) is 9.89 Å². The van der Waals surface area contributed by atoms with E-state index in [1.54, 1.807) is 6.92 Å². The maximum Gasteiger partial charge on any atom is 0.353 e. The van der Waals surface area contributed by atoms with Crippen LogP contribution in [0.1, 0.15) is 30.8 Å². The molecular formula is C11H17N5O4. The Labute approximate surface area is 114 Å². The number of nitrogens with two attached hydrogens (primary N) is 1. The molecule has 1 rings (SSSR count). The molecule has 2 unspecified atom stereocenters. The molecule has 0 saturated carbocycles. The second-order valence-corrected chi connectivity index (χ2v) is 4.33. The van der Waals surface area contributed by atoms with Crippen LogP contribution in [0.4, 0.5) is 10.6 Å². The number of hydrogen-bond acceptors (Lipinski definition) is 4. The summed E-state index contributed by atoms with van der Waals surface area (Å²) in [4.78, 5) is 33.6. The smallest absolute Gasteiger partial charge is 0.353 e. The number of carbonyl (C=O) groups is 3. The van der Waals surface area contributed by atoms with Gasteiger partial charge in [-0.05, 0) is 5.92 Å². The predicted octanol–water partition coefficient (Wildman–Crippen LogP) is 0.129. The van der Waals surface area contributed by atoms with Crippen molar-refractivity contribution in [2.75, 3.05) is 5.32 Å². The fraction of sp³-hybridized carbons (Fsp3) is 0.455. The lowest BCUT2D eigenvalue weighted by atomic mass is 9.98. The van der Waals surface area contributed by atoms with Gasteiger partial charge in [0.15, 0.2) is 5.82 Å². The van der Waals surface area contributed by atoms with Crippen LogP contribution in [0.25, 0.3) is 0 Å². The average molecular weight is 283 g/mol. The van der Waals surface area contributed by atoms with E-state index in [1.807, 2.05) is 6.92 Å². The molecule has 0 aliphatic rings. The zero-order chi connectivity index (χ0) is 15.3. The van der Waals surface area contributed by atoms with Crippen molar-refractivity contribution in [2.45, 2.75) is 26.3 Å². The molecule has 1 heterocycles. The van der Waals surface area contributed by atoms with Gasteiger partial charge >= 0.3 is 12.0 Å². The molecule has 20 heavy (non-hydrogen) atoms. The van der Waals surface area contributed by atoms with Crippen molar-refractivity contribution in [2.24, 2.45) is 11.7 Å². The molecule has 0 aliphatic carbocycles. The molecule has 0 spiro atoms. The first-order valence-electron chi connectivity index (χ1n) is 6.00. The molecule has 0 fully saturated rings. The number of carboxylic acids is 1. The number of aromatic amines is 1. The number of nitrogens with one attached hydrogen (secondary N) is 3. The lowest BCUT2D eigenvalue weighted by Gasteiger charge is -2.21. The van der Waals surface area contributed by atoms with Gasteiger partial charge in [-0.2, -0.15) is 5.10 Å². The molecule has 110 valence electrons. The fourth-order valence-electron chi connectivity index (χ4n) is 1.55. The van der Waals surface area contributed by atoms with Crippen molar-refractivity contribution < 1.29 is 19.5 Å². The number of carboxylic acid groups (broad SMARTS) is 1. The minimum atomic E-state index is -1.19. The van der Waals surface area contributed by atoms with E-state index in [-0.39, 0.29) is 17.4 Å². The standard InChI is InChI=1S/C11H17N5O4/c1-3-5(2)8(14-11(12)20)9(17)13-7-4-6(10(18)19)15-16-7/h4-5,8H,3H2,1-2H3,(H,18,19)(H3,12,14,20)(H2,13,15,16,17). The zero-order valence-corrected chi connectivity index (χ0v) is 11.1. The highest BCUT2D eigenvalue weighted by atomic mass is 16.4. The van der Waals surface area contributed by atoms with Gasteiger partial charge in [0.05, 0.1) is 0 Å². The third kappa shape index (κ3) is 3.97. The zero-order valence-electron chi connectivity index (χ0n) is 11.1. The third-order valence-electron chi connectivity index (χ3n) is 2.85. The first kappa shape index (κ1) is 15.5. The topological polar surface area (TPSA) is 150 Å². The maximum atomic E-state index is 12.0. The van der Waals surface area contributed by atoms with Crippen LogP contribution >= 0.6 is 0 Å². The quantitative estimate of drug-likeness (QED) is 0.502. The molecule has 9 nitrogen and oxygen atoms in total. The van der Waals surface area contributed by atoms with Crippen molar-refractivity contribution in [1.29, 1.82) is 0 Å². The number of H-pyrrole nitrogens is 1. The van der Waals surface area contributed by atoms with Crippen molar-refractivity contribution in [3.8, 4) is 0 Å². The molecule has 6 N–H and O–H groups in total. The molecule has 9 heteroatoms. The summed E-state index contributed by atoms with van der Waals surface area (Å²) in [6, 6.07) is -0.445. The highest BCUT2D eigenvalue weighted by Crippen LogP contribution is 2.11. The number of carbonyl (C=O) groups excluding carboxylic acids is 2. The maximum absolute atomic E-state index is 12.0. The molecule has 0 radical (unpaired) electrons. The number of anilines is 1. The molecule has 0 saturated heterocycles. The van der Waals surface area contributed by atoms with Crippen LogP contribution in [0.2, 0.25) is 0 Å². The molecule has 1 aromatic heterocycles. The second-order valence-electron chi connectivity index (χ2n) is 4.33. The Morgan fingerprint density at radius 2 is 2.15 bits per heavy atom. The summed E-state index contributed by atoms with van der Waals surface area (Å²) in [5.41, 5.74) is 4.88. The Hall–Kier alpha value is -2.58. The van der Waals surface area contributed by atoms with Gasteiger partial charge in [0, 0.05) is 6.07 Å². The molecule has 0 bridgehead atoms. The Bertz CT molecular complexity index is 513. The largest absolute Gasteiger partial charge is 0.477 e. The van der Waals surface area contributed by atoms with E-state index in [2.05, 4.69) is 20.8 Å². The van der Waals surface area contributed by atoms with Gasteiger partial charge in [-0.15, -0.1) is 0 Å². The molecule has 3 amide bonds. The van der Waals surface area contributed by atoms with E-state index < -0.39 is 23.9 Å². The lowest BCUT2D eigenvalue weighted by molar-refractivity contribution is -0.119. The van der Waals surface area contributed by atoms with Gasteiger partial charge in [0.2, 0.25) is 5.91 Å². The monoisotopic (exact) mass is 283 g/mol. The lowest BCUT2D eigenvalue weighted by Crippen LogP contribution is -2.49. The summed E-state index contributed by atoms with van der Waals surface area (Å²) in [7, 11) is 0. The van der Waals surface area contributed by atoms with Gasteiger partial charge in [0.25, 0.3) is 0 Å². The molecular weight excluding hydrogens is 266 g/mol. The summed E-state index contributed by atoms with van der Waals surface area (Å²) in [6.45, 7) is 3.65. The Balaban J connectivity index is 2.78. The van der Waals surface area contributed by atoms with E-state index in [9.17, 15) is 14.4 Å². The van der Waals surface area contributed by atoms with Crippen LogP contribution < -0.4 is 16.4 Å². The fourth-order valence-corrected chi connectivity index (χ4v) is 1.55. The number of primary amides is 1. The molecule has 2 atom stereocenters. The first-order chi connectivity index (χ1) is 9.35. The Morgan fingerprint density at radius 1 is 1.50 bits per heavy atom. The second kappa shape index (κ2) is 6.55. The number of urea groups is 1. The van der Waals surface area contributed by atoms with Crippen molar-refractivity contribution in [3.63, 3.8) is 0 Å². The average Bonchev–Trinajstić information content (AvgIpc) is 2.83. The molecule has 1 aromatic rings. The summed E-state index contributed by atoms with van der Waals surface area (Å²) in [5.74, 6) is -1.78. The molecule has 0 aromatic carbocycles. The van der Waals surface area contributed by atoms with E-state index in [0.717, 1.165) is 0 Å². The minimum Gasteiger partial charge on any atom is -0.477 e. The third-order valence-corrected chi connectivity index (χ3v) is 2.85. The van der Waals surface area contributed by atoms with Crippen LogP contribution in [0.5, 0.6) is 0 Å². The number of nitrogens with zero attached hydrogens (tertiary/aromatic N) is 1. The number of aromatic nitrogens is 2. The van der Waals surface area contributed by atoms with Gasteiger partial charge in [-0.1, -0.05) is 20.3 Å². The van der Waals surface area contributed by atoms with Gasteiger partial charge < -0.3 is 21.5 Å². The van der Waals surface area contributed by atoms with Crippen LogP contribution in [-0.4, -0.2) is 39.3 Å². The molecule has 0 aliphatic heterocycles. The first-order valence-corrected chi connectivity index (χ1v) is 6.00. The van der Waals surface area contributed by atoms with Crippen LogP contribution in [0, 0.1) is 5.92 Å². The number of amides is 3. The van der Waals surface area contributed by atoms with Crippen molar-refractivity contribution in [3.05, 3.63) is 11.8 Å². The van der Waals surface area contributed by atoms with Crippen LogP contribution in [0.15, 0.2) is 6.07 Å². The Kier molecular flexibility index (Phi) is 5.07. The number of hydrogen-bond donors (Lipinski definition) is 5. The normalized spacial score (nSPS) is 13.3. The summed E-state index contributed by atoms with van der Waals surface area (Å²) in [6.07, 6.45) is 0.652. The van der Waals surface area contributed by atoms with E-state index in [4.69, 9.17) is 10.8 Å². The van der Waals surface area contributed by atoms with E-state index >= 15 is 0 Å². The minimum absolute atomic E-state index is 0.0620. The van der Waals surface area contributed by atoms with E-state index in [1.165, 1.54) is 6.07 Å². The highest BCUT2D eigenvalue weighted by molar-refractivity contribution is 5.97.